The molecule has 2 amide bonds. The van der Waals surface area contributed by atoms with Crippen LogP contribution in [0.1, 0.15) is 27.2 Å². The van der Waals surface area contributed by atoms with Gasteiger partial charge >= 0.3 is 0 Å². The summed E-state index contributed by atoms with van der Waals surface area (Å²) in [5.74, 6) is 1.11. The number of fused-ring (bicyclic) bond motifs is 5. The lowest BCUT2D eigenvalue weighted by Gasteiger charge is -2.19. The standard InChI is InChI=1S/C20H33N5O2/c1-4-21-20(22-9-11-24(5-2)6-3)23-10-12-25-18(26)16-14-7-8-15(13-14)17(16)19(25)27/h7-8,14-17H,4-6,9-13H2,1-3H3,(H2,21,22,23). The lowest BCUT2D eigenvalue weighted by molar-refractivity contribution is -0.140. The number of carbonyl (C=O) groups excluding carboxylic acids is 2. The van der Waals surface area contributed by atoms with Crippen molar-refractivity contribution in [3.05, 3.63) is 12.2 Å². The van der Waals surface area contributed by atoms with Crippen LogP contribution in [0.25, 0.3) is 0 Å². The van der Waals surface area contributed by atoms with Crippen molar-refractivity contribution in [1.82, 2.24) is 20.4 Å². The van der Waals surface area contributed by atoms with E-state index in [1.807, 2.05) is 6.92 Å². The van der Waals surface area contributed by atoms with E-state index in [0.717, 1.165) is 45.1 Å². The predicted octanol–water partition coefficient (Wildman–Crippen LogP) is 0.690. The molecule has 2 fully saturated rings. The minimum atomic E-state index is -0.108. The van der Waals surface area contributed by atoms with Gasteiger partial charge in [-0.2, -0.15) is 0 Å². The second kappa shape index (κ2) is 8.87. The molecule has 3 rings (SSSR count). The molecule has 4 unspecified atom stereocenters. The number of allylic oxidation sites excluding steroid dienone is 2. The van der Waals surface area contributed by atoms with Crippen LogP contribution < -0.4 is 10.6 Å². The molecule has 1 saturated heterocycles. The van der Waals surface area contributed by atoms with Crippen LogP contribution in [-0.2, 0) is 9.59 Å². The molecule has 1 aliphatic heterocycles. The van der Waals surface area contributed by atoms with Crippen LogP contribution in [0.2, 0.25) is 0 Å². The van der Waals surface area contributed by atoms with Gasteiger partial charge in [0.05, 0.1) is 18.4 Å². The van der Waals surface area contributed by atoms with Crippen molar-refractivity contribution in [2.24, 2.45) is 28.7 Å². The third-order valence-electron chi connectivity index (χ3n) is 6.11. The van der Waals surface area contributed by atoms with Crippen molar-refractivity contribution in [3.63, 3.8) is 0 Å². The molecule has 4 atom stereocenters. The first-order chi connectivity index (χ1) is 13.1. The van der Waals surface area contributed by atoms with Gasteiger partial charge in [-0.15, -0.1) is 0 Å². The van der Waals surface area contributed by atoms with Crippen LogP contribution in [0.4, 0.5) is 0 Å². The number of carbonyl (C=O) groups is 2. The fraction of sp³-hybridized carbons (Fsp3) is 0.750. The van der Waals surface area contributed by atoms with Gasteiger partial charge in [0.15, 0.2) is 5.96 Å². The fourth-order valence-electron chi connectivity index (χ4n) is 4.66. The SMILES string of the molecule is CCNC(=NCCN(CC)CC)NCCN1C(=O)C2C3C=CC(C3)C2C1=O. The number of rotatable bonds is 9. The molecule has 2 N–H and O–H groups in total. The van der Waals surface area contributed by atoms with Crippen LogP contribution in [0.15, 0.2) is 17.1 Å². The van der Waals surface area contributed by atoms with Gasteiger partial charge in [-0.25, -0.2) is 0 Å². The number of hydrogen-bond acceptors (Lipinski definition) is 4. The van der Waals surface area contributed by atoms with E-state index in [4.69, 9.17) is 0 Å². The Kier molecular flexibility index (Phi) is 6.52. The predicted molar refractivity (Wildman–Crippen MR) is 106 cm³/mol. The Morgan fingerprint density at radius 1 is 1.11 bits per heavy atom. The maximum atomic E-state index is 12.7. The summed E-state index contributed by atoms with van der Waals surface area (Å²) in [6, 6.07) is 0. The van der Waals surface area contributed by atoms with Crippen LogP contribution in [0.3, 0.4) is 0 Å². The number of amides is 2. The molecule has 150 valence electrons. The van der Waals surface area contributed by atoms with Gasteiger partial charge in [0.1, 0.15) is 0 Å². The zero-order chi connectivity index (χ0) is 19.4. The molecular weight excluding hydrogens is 342 g/mol. The average Bonchev–Trinajstić information content (AvgIpc) is 3.34. The first kappa shape index (κ1) is 19.9. The fourth-order valence-corrected chi connectivity index (χ4v) is 4.66. The lowest BCUT2D eigenvalue weighted by Crippen LogP contribution is -2.44. The Labute approximate surface area is 162 Å². The van der Waals surface area contributed by atoms with Crippen LogP contribution >= 0.6 is 0 Å². The average molecular weight is 376 g/mol. The van der Waals surface area contributed by atoms with Crippen molar-refractivity contribution in [2.75, 3.05) is 45.8 Å². The van der Waals surface area contributed by atoms with Crippen molar-refractivity contribution in [3.8, 4) is 0 Å². The monoisotopic (exact) mass is 375 g/mol. The Hall–Kier alpha value is -1.89. The molecule has 7 nitrogen and oxygen atoms in total. The Balaban J connectivity index is 1.49. The summed E-state index contributed by atoms with van der Waals surface area (Å²) < 4.78 is 0. The summed E-state index contributed by atoms with van der Waals surface area (Å²) >= 11 is 0. The van der Waals surface area contributed by atoms with Crippen LogP contribution in [0, 0.1) is 23.7 Å². The Morgan fingerprint density at radius 3 is 2.30 bits per heavy atom. The van der Waals surface area contributed by atoms with Gasteiger partial charge in [0, 0.05) is 26.2 Å². The van der Waals surface area contributed by atoms with Gasteiger partial charge in [-0.1, -0.05) is 26.0 Å². The summed E-state index contributed by atoms with van der Waals surface area (Å²) in [7, 11) is 0. The highest BCUT2D eigenvalue weighted by Gasteiger charge is 2.58. The first-order valence-corrected chi connectivity index (χ1v) is 10.4. The minimum Gasteiger partial charge on any atom is -0.357 e. The van der Waals surface area contributed by atoms with Crippen molar-refractivity contribution in [1.29, 1.82) is 0 Å². The highest BCUT2D eigenvalue weighted by molar-refractivity contribution is 6.06. The number of likely N-dealkylation sites (N-methyl/N-ethyl adjacent to an activating group) is 1. The summed E-state index contributed by atoms with van der Waals surface area (Å²) in [5, 5.41) is 6.49. The van der Waals surface area contributed by atoms with Gasteiger partial charge in [-0.05, 0) is 38.3 Å². The highest BCUT2D eigenvalue weighted by atomic mass is 16.2. The molecule has 0 radical (unpaired) electrons. The molecular formula is C20H33N5O2. The third-order valence-corrected chi connectivity index (χ3v) is 6.11. The number of nitrogens with zero attached hydrogens (tertiary/aromatic N) is 3. The molecule has 0 spiro atoms. The lowest BCUT2D eigenvalue weighted by atomic mass is 9.85. The minimum absolute atomic E-state index is 0.0205. The second-order valence-electron chi connectivity index (χ2n) is 7.54. The van der Waals surface area contributed by atoms with E-state index in [-0.39, 0.29) is 35.5 Å². The summed E-state index contributed by atoms with van der Waals surface area (Å²) in [6.45, 7) is 11.7. The molecule has 27 heavy (non-hydrogen) atoms. The number of imide groups is 1. The van der Waals surface area contributed by atoms with E-state index in [9.17, 15) is 9.59 Å². The van der Waals surface area contributed by atoms with Crippen molar-refractivity contribution < 1.29 is 9.59 Å². The number of nitrogens with one attached hydrogen (secondary N) is 2. The highest BCUT2D eigenvalue weighted by Crippen LogP contribution is 2.52. The number of guanidine groups is 1. The quantitative estimate of drug-likeness (QED) is 0.268. The van der Waals surface area contributed by atoms with Crippen LogP contribution in [-0.4, -0.2) is 73.4 Å². The largest absolute Gasteiger partial charge is 0.357 e. The Morgan fingerprint density at radius 2 is 1.74 bits per heavy atom. The summed E-state index contributed by atoms with van der Waals surface area (Å²) in [6.07, 6.45) is 5.23. The molecule has 2 bridgehead atoms. The summed E-state index contributed by atoms with van der Waals surface area (Å²) in [5.41, 5.74) is 0. The van der Waals surface area contributed by atoms with Crippen LogP contribution in [0.5, 0.6) is 0 Å². The van der Waals surface area contributed by atoms with E-state index < -0.39 is 0 Å². The van der Waals surface area contributed by atoms with Crippen molar-refractivity contribution in [2.45, 2.75) is 27.2 Å². The van der Waals surface area contributed by atoms with E-state index in [1.54, 1.807) is 0 Å². The maximum Gasteiger partial charge on any atom is 0.233 e. The second-order valence-corrected chi connectivity index (χ2v) is 7.54. The molecule has 0 aromatic rings. The van der Waals surface area contributed by atoms with Gasteiger partial charge in [0.25, 0.3) is 0 Å². The number of likely N-dealkylation sites (tertiary alicyclic amines) is 1. The van der Waals surface area contributed by atoms with Gasteiger partial charge in [0.2, 0.25) is 11.8 Å². The van der Waals surface area contributed by atoms with E-state index in [1.165, 1.54) is 4.90 Å². The van der Waals surface area contributed by atoms with E-state index >= 15 is 0 Å². The summed E-state index contributed by atoms with van der Waals surface area (Å²) in [4.78, 5) is 33.8. The number of hydrogen-bond donors (Lipinski definition) is 2. The molecule has 7 heteroatoms. The van der Waals surface area contributed by atoms with E-state index in [0.29, 0.717) is 13.1 Å². The molecule has 1 saturated carbocycles. The van der Waals surface area contributed by atoms with Crippen molar-refractivity contribution >= 4 is 17.8 Å². The molecule has 2 aliphatic carbocycles. The maximum absolute atomic E-state index is 12.7. The van der Waals surface area contributed by atoms with Gasteiger partial charge < -0.3 is 15.5 Å². The van der Waals surface area contributed by atoms with Gasteiger partial charge in [-0.3, -0.25) is 19.5 Å². The normalized spacial score (nSPS) is 29.2. The molecule has 1 heterocycles. The first-order valence-electron chi connectivity index (χ1n) is 10.4. The third kappa shape index (κ3) is 4.03. The van der Waals surface area contributed by atoms with E-state index in [2.05, 4.69) is 46.5 Å². The Bertz CT molecular complexity index is 583. The molecule has 0 aromatic heterocycles. The smallest absolute Gasteiger partial charge is 0.233 e. The zero-order valence-corrected chi connectivity index (χ0v) is 16.8. The number of aliphatic imine (C=N–C) groups is 1. The molecule has 0 aromatic carbocycles. The molecule has 3 aliphatic rings. The topological polar surface area (TPSA) is 77.0 Å². The zero-order valence-electron chi connectivity index (χ0n) is 16.8.